The zero-order valence-corrected chi connectivity index (χ0v) is 17.8. The highest BCUT2D eigenvalue weighted by atomic mass is 35.5. The van der Waals surface area contributed by atoms with Crippen LogP contribution in [0.5, 0.6) is 0 Å². The van der Waals surface area contributed by atoms with Crippen LogP contribution in [-0.2, 0) is 0 Å². The van der Waals surface area contributed by atoms with Crippen molar-refractivity contribution < 1.29 is 0 Å². The summed E-state index contributed by atoms with van der Waals surface area (Å²) in [6.07, 6.45) is 1.67. The summed E-state index contributed by atoms with van der Waals surface area (Å²) < 4.78 is 0. The third kappa shape index (κ3) is 4.44. The fourth-order valence-electron chi connectivity index (χ4n) is 2.97. The summed E-state index contributed by atoms with van der Waals surface area (Å²) >= 11 is 7.62. The Labute approximate surface area is 184 Å². The molecule has 0 aliphatic carbocycles. The number of anilines is 1. The van der Waals surface area contributed by atoms with E-state index in [-0.39, 0.29) is 0 Å². The number of rotatable bonds is 5. The van der Waals surface area contributed by atoms with Crippen LogP contribution in [0.15, 0.2) is 84.4 Å². The molecule has 0 amide bonds. The fourth-order valence-corrected chi connectivity index (χ4v) is 3.95. The quantitative estimate of drug-likeness (QED) is 0.337. The first-order valence-electron chi connectivity index (χ1n) is 9.39. The topological polar surface area (TPSA) is 48.7 Å². The molecule has 30 heavy (non-hydrogen) atoms. The second kappa shape index (κ2) is 8.96. The summed E-state index contributed by atoms with van der Waals surface area (Å²) in [6.45, 7) is 1.95. The second-order valence-electron chi connectivity index (χ2n) is 6.76. The van der Waals surface area contributed by atoms with E-state index in [9.17, 15) is 5.26 Å². The minimum atomic E-state index is 0.476. The molecule has 0 fully saturated rings. The van der Waals surface area contributed by atoms with E-state index in [1.807, 2.05) is 48.7 Å². The zero-order chi connectivity index (χ0) is 20.9. The number of hydrogen-bond donors (Lipinski definition) is 1. The Bertz CT molecular complexity index is 1240. The third-order valence-electron chi connectivity index (χ3n) is 4.70. The van der Waals surface area contributed by atoms with Crippen molar-refractivity contribution >= 4 is 34.2 Å². The Morgan fingerprint density at radius 2 is 1.70 bits per heavy atom. The van der Waals surface area contributed by atoms with Crippen molar-refractivity contribution in [2.24, 2.45) is 0 Å². The number of thiazole rings is 1. The molecule has 0 radical (unpaired) electrons. The number of benzene rings is 3. The molecule has 4 aromatic rings. The van der Waals surface area contributed by atoms with Crippen LogP contribution < -0.4 is 5.32 Å². The van der Waals surface area contributed by atoms with Gasteiger partial charge in [-0.05, 0) is 35.7 Å². The molecule has 1 heterocycles. The highest BCUT2D eigenvalue weighted by Gasteiger charge is 2.09. The monoisotopic (exact) mass is 427 g/mol. The zero-order valence-electron chi connectivity index (χ0n) is 16.3. The molecule has 1 aromatic heterocycles. The molecule has 0 bridgehead atoms. The van der Waals surface area contributed by atoms with E-state index in [0.29, 0.717) is 15.6 Å². The van der Waals surface area contributed by atoms with E-state index in [1.165, 1.54) is 16.9 Å². The van der Waals surface area contributed by atoms with Gasteiger partial charge in [0, 0.05) is 27.9 Å². The number of hydrogen-bond acceptors (Lipinski definition) is 4. The van der Waals surface area contributed by atoms with Crippen LogP contribution in [0, 0.1) is 18.3 Å². The van der Waals surface area contributed by atoms with Crippen molar-refractivity contribution in [2.45, 2.75) is 6.92 Å². The molecule has 0 aliphatic heterocycles. The van der Waals surface area contributed by atoms with Gasteiger partial charge in [0.2, 0.25) is 0 Å². The van der Waals surface area contributed by atoms with E-state index in [4.69, 9.17) is 11.6 Å². The lowest BCUT2D eigenvalue weighted by Gasteiger charge is -2.04. The third-order valence-corrected chi connectivity index (χ3v) is 5.98. The Hall–Kier alpha value is -3.39. The van der Waals surface area contributed by atoms with E-state index < -0.39 is 0 Å². The first-order chi connectivity index (χ1) is 14.6. The van der Waals surface area contributed by atoms with E-state index >= 15 is 0 Å². The molecule has 0 atom stereocenters. The Morgan fingerprint density at radius 1 is 1.00 bits per heavy atom. The SMILES string of the molecule is Cc1ccc(N/C=C(\C#N)c2nc(-c3ccc(-c4ccccc4)cc3)cs2)cc1Cl. The molecule has 3 aromatic carbocycles. The Balaban J connectivity index is 1.53. The second-order valence-corrected chi connectivity index (χ2v) is 8.02. The van der Waals surface area contributed by atoms with E-state index in [0.717, 1.165) is 28.1 Å². The van der Waals surface area contributed by atoms with Crippen LogP contribution in [0.3, 0.4) is 0 Å². The lowest BCUT2D eigenvalue weighted by molar-refractivity contribution is 1.36. The van der Waals surface area contributed by atoms with Crippen LogP contribution in [0.2, 0.25) is 5.02 Å². The Kier molecular flexibility index (Phi) is 5.94. The average molecular weight is 428 g/mol. The van der Waals surface area contributed by atoms with Crippen molar-refractivity contribution in [2.75, 3.05) is 5.32 Å². The van der Waals surface area contributed by atoms with Gasteiger partial charge in [-0.3, -0.25) is 0 Å². The summed E-state index contributed by atoms with van der Waals surface area (Å²) in [5, 5.41) is 16.0. The van der Waals surface area contributed by atoms with Gasteiger partial charge in [0.05, 0.1) is 5.69 Å². The summed E-state index contributed by atoms with van der Waals surface area (Å²) in [6, 6.07) is 26.5. The Morgan fingerprint density at radius 3 is 2.40 bits per heavy atom. The van der Waals surface area contributed by atoms with Crippen molar-refractivity contribution in [3.63, 3.8) is 0 Å². The van der Waals surface area contributed by atoms with Gasteiger partial charge in [-0.25, -0.2) is 4.98 Å². The van der Waals surface area contributed by atoms with Gasteiger partial charge in [-0.2, -0.15) is 5.26 Å². The molecule has 0 aliphatic rings. The molecule has 4 rings (SSSR count). The maximum Gasteiger partial charge on any atom is 0.136 e. The molecule has 1 N–H and O–H groups in total. The highest BCUT2D eigenvalue weighted by Crippen LogP contribution is 2.28. The standard InChI is InChI=1S/C25H18ClN3S/c1-17-7-12-22(13-23(17)26)28-15-21(14-27)25-29-24(16-30-25)20-10-8-19(9-11-20)18-5-3-2-4-6-18/h2-13,15-16,28H,1H3/b21-15+. The lowest BCUT2D eigenvalue weighted by Crippen LogP contribution is -1.91. The molecule has 0 saturated heterocycles. The molecule has 146 valence electrons. The van der Waals surface area contributed by atoms with E-state index in [2.05, 4.69) is 52.8 Å². The number of aryl methyl sites for hydroxylation is 1. The van der Waals surface area contributed by atoms with Gasteiger partial charge in [0.15, 0.2) is 0 Å². The molecule has 0 spiro atoms. The maximum absolute atomic E-state index is 9.58. The van der Waals surface area contributed by atoms with Crippen molar-refractivity contribution in [1.82, 2.24) is 4.98 Å². The van der Waals surface area contributed by atoms with Crippen molar-refractivity contribution in [3.05, 3.63) is 100.0 Å². The number of nitrogens with zero attached hydrogens (tertiary/aromatic N) is 2. The molecule has 5 heteroatoms. The van der Waals surface area contributed by atoms with Gasteiger partial charge in [0.1, 0.15) is 16.6 Å². The highest BCUT2D eigenvalue weighted by molar-refractivity contribution is 7.11. The number of aromatic nitrogens is 1. The lowest BCUT2D eigenvalue weighted by atomic mass is 10.0. The van der Waals surface area contributed by atoms with E-state index in [1.54, 1.807) is 6.20 Å². The largest absolute Gasteiger partial charge is 0.360 e. The number of nitriles is 1. The summed E-state index contributed by atoms with van der Waals surface area (Å²) in [5.74, 6) is 0. The van der Waals surface area contributed by atoms with Crippen LogP contribution in [-0.4, -0.2) is 4.98 Å². The number of halogens is 1. The predicted molar refractivity (Wildman–Crippen MR) is 126 cm³/mol. The van der Waals surface area contributed by atoms with Crippen LogP contribution in [0.4, 0.5) is 5.69 Å². The average Bonchev–Trinajstić information content (AvgIpc) is 3.27. The first-order valence-corrected chi connectivity index (χ1v) is 10.6. The summed E-state index contributed by atoms with van der Waals surface area (Å²) in [7, 11) is 0. The summed E-state index contributed by atoms with van der Waals surface area (Å²) in [5.41, 5.74) is 6.53. The van der Waals surface area contributed by atoms with Gasteiger partial charge >= 0.3 is 0 Å². The van der Waals surface area contributed by atoms with Gasteiger partial charge in [-0.15, -0.1) is 11.3 Å². The predicted octanol–water partition coefficient (Wildman–Crippen LogP) is 7.42. The van der Waals surface area contributed by atoms with Gasteiger partial charge < -0.3 is 5.32 Å². The van der Waals surface area contributed by atoms with Crippen LogP contribution in [0.25, 0.3) is 28.0 Å². The number of nitrogens with one attached hydrogen (secondary N) is 1. The molecular weight excluding hydrogens is 410 g/mol. The minimum absolute atomic E-state index is 0.476. The molecule has 3 nitrogen and oxygen atoms in total. The molecular formula is C25H18ClN3S. The van der Waals surface area contributed by atoms with Crippen molar-refractivity contribution in [3.8, 4) is 28.5 Å². The van der Waals surface area contributed by atoms with Crippen molar-refractivity contribution in [1.29, 1.82) is 5.26 Å². The first kappa shape index (κ1) is 19.9. The number of allylic oxidation sites excluding steroid dienone is 1. The van der Waals surface area contributed by atoms with Gasteiger partial charge in [-0.1, -0.05) is 72.3 Å². The minimum Gasteiger partial charge on any atom is -0.360 e. The maximum atomic E-state index is 9.58. The smallest absolute Gasteiger partial charge is 0.136 e. The normalized spacial score (nSPS) is 11.2. The molecule has 0 saturated carbocycles. The summed E-state index contributed by atoms with van der Waals surface area (Å²) in [4.78, 5) is 4.66. The van der Waals surface area contributed by atoms with Crippen LogP contribution in [0.1, 0.15) is 10.6 Å². The van der Waals surface area contributed by atoms with Crippen LogP contribution >= 0.6 is 22.9 Å². The fraction of sp³-hybridized carbons (Fsp3) is 0.0400. The van der Waals surface area contributed by atoms with Gasteiger partial charge in [0.25, 0.3) is 0 Å². The molecule has 0 unspecified atom stereocenters.